The van der Waals surface area contributed by atoms with Crippen LogP contribution in [0.1, 0.15) is 40.0 Å². The van der Waals surface area contributed by atoms with Crippen LogP contribution in [0.2, 0.25) is 0 Å². The van der Waals surface area contributed by atoms with Crippen LogP contribution in [-0.4, -0.2) is 34.9 Å². The van der Waals surface area contributed by atoms with Gasteiger partial charge in [-0.15, -0.1) is 36.2 Å². The van der Waals surface area contributed by atoms with Gasteiger partial charge in [0.25, 0.3) is 5.91 Å². The van der Waals surface area contributed by atoms with Gasteiger partial charge >= 0.3 is 0 Å². The minimum absolute atomic E-state index is 0. The van der Waals surface area contributed by atoms with Gasteiger partial charge in [-0.05, 0) is 36.5 Å². The maximum Gasteiger partial charge on any atom is 0.265 e. The van der Waals surface area contributed by atoms with Gasteiger partial charge in [0, 0.05) is 25.6 Å². The maximum atomic E-state index is 13.0. The number of thiazole rings is 1. The van der Waals surface area contributed by atoms with Crippen LogP contribution >= 0.6 is 36.2 Å². The van der Waals surface area contributed by atoms with E-state index in [-0.39, 0.29) is 42.6 Å². The van der Waals surface area contributed by atoms with Crippen LogP contribution in [-0.2, 0) is 6.42 Å². The van der Waals surface area contributed by atoms with Crippen molar-refractivity contribution in [3.63, 3.8) is 0 Å². The second-order valence-corrected chi connectivity index (χ2v) is 7.55. The van der Waals surface area contributed by atoms with Crippen molar-refractivity contribution in [3.8, 4) is 0 Å². The van der Waals surface area contributed by atoms with Crippen LogP contribution < -0.4 is 5.73 Å². The van der Waals surface area contributed by atoms with Gasteiger partial charge in [-0.2, -0.15) is 0 Å². The molecule has 8 heteroatoms. The Bertz CT molecular complexity index is 711. The van der Waals surface area contributed by atoms with E-state index in [4.69, 9.17) is 5.73 Å². The molecule has 2 N–H and O–H groups in total. The lowest BCUT2D eigenvalue weighted by Crippen LogP contribution is -2.49. The van der Waals surface area contributed by atoms with Crippen LogP contribution in [0.15, 0.2) is 30.5 Å². The molecule has 3 rings (SSSR count). The van der Waals surface area contributed by atoms with E-state index in [1.54, 1.807) is 18.3 Å². The molecule has 1 aromatic heterocycles. The maximum absolute atomic E-state index is 13.0. The molecule has 1 aromatic carbocycles. The molecule has 0 aliphatic carbocycles. The average Bonchev–Trinajstić information content (AvgIpc) is 3.04. The van der Waals surface area contributed by atoms with E-state index in [2.05, 4.69) is 11.9 Å². The number of hydrogen-bond donors (Lipinski definition) is 1. The molecule has 0 saturated carbocycles. The number of likely N-dealkylation sites (tertiary alicyclic amines) is 1. The summed E-state index contributed by atoms with van der Waals surface area (Å²) < 4.78 is 13.0. The molecule has 0 bridgehead atoms. The van der Waals surface area contributed by atoms with Crippen molar-refractivity contribution in [1.82, 2.24) is 9.88 Å². The molecule has 0 spiro atoms. The van der Waals surface area contributed by atoms with E-state index in [1.165, 1.54) is 23.5 Å². The number of nitrogens with zero attached hydrogens (tertiary/aromatic N) is 2. The summed E-state index contributed by atoms with van der Waals surface area (Å²) in [6.45, 7) is 3.46. The molecule has 1 amide bonds. The zero-order valence-electron chi connectivity index (χ0n) is 14.6. The zero-order chi connectivity index (χ0) is 17.1. The van der Waals surface area contributed by atoms with Gasteiger partial charge < -0.3 is 10.6 Å². The van der Waals surface area contributed by atoms with E-state index in [9.17, 15) is 9.18 Å². The molecule has 1 aliphatic heterocycles. The lowest BCUT2D eigenvalue weighted by molar-refractivity contribution is 0.0578. The van der Waals surface area contributed by atoms with Gasteiger partial charge in [0.05, 0.1) is 11.2 Å². The van der Waals surface area contributed by atoms with E-state index in [0.717, 1.165) is 30.0 Å². The SMILES string of the molecule is CC1CCN(C(=O)c2cnc(Cc3ccc(F)cc3)s2)C(CN)C1.Cl.Cl. The number of halogens is 3. The predicted octanol–water partition coefficient (Wildman–Crippen LogP) is 3.92. The molecule has 1 fully saturated rings. The Kier molecular flexibility index (Phi) is 8.96. The molecule has 4 nitrogen and oxygen atoms in total. The predicted molar refractivity (Wildman–Crippen MR) is 108 cm³/mol. The Morgan fingerprint density at radius 3 is 2.69 bits per heavy atom. The number of carbonyl (C=O) groups is 1. The first-order chi connectivity index (χ1) is 11.6. The van der Waals surface area contributed by atoms with Crippen molar-refractivity contribution < 1.29 is 9.18 Å². The normalized spacial score (nSPS) is 19.4. The molecular formula is C18H24Cl2FN3OS. The Labute approximate surface area is 169 Å². The fourth-order valence-corrected chi connectivity index (χ4v) is 4.06. The minimum atomic E-state index is -0.249. The largest absolute Gasteiger partial charge is 0.334 e. The number of piperidine rings is 1. The summed E-state index contributed by atoms with van der Waals surface area (Å²) in [5, 5.41) is 0.861. The fourth-order valence-electron chi connectivity index (χ4n) is 3.15. The number of carbonyl (C=O) groups excluding carboxylic acids is 1. The van der Waals surface area contributed by atoms with Crippen LogP contribution in [0.5, 0.6) is 0 Å². The highest BCUT2D eigenvalue weighted by Crippen LogP contribution is 2.26. The molecule has 2 heterocycles. The third-order valence-electron chi connectivity index (χ3n) is 4.54. The molecule has 0 radical (unpaired) electrons. The minimum Gasteiger partial charge on any atom is -0.334 e. The Balaban J connectivity index is 0.00000169. The lowest BCUT2D eigenvalue weighted by Gasteiger charge is -2.37. The summed E-state index contributed by atoms with van der Waals surface area (Å²) in [4.78, 5) is 19.7. The highest BCUT2D eigenvalue weighted by atomic mass is 35.5. The number of hydrogen-bond acceptors (Lipinski definition) is 4. The number of benzene rings is 1. The number of rotatable bonds is 4. The quantitative estimate of drug-likeness (QED) is 0.816. The second-order valence-electron chi connectivity index (χ2n) is 6.44. The summed E-state index contributed by atoms with van der Waals surface area (Å²) in [6.07, 6.45) is 4.24. The summed E-state index contributed by atoms with van der Waals surface area (Å²) in [5.41, 5.74) is 6.84. The van der Waals surface area contributed by atoms with Crippen molar-refractivity contribution >= 4 is 42.1 Å². The molecule has 144 valence electrons. The first-order valence-electron chi connectivity index (χ1n) is 8.27. The van der Waals surface area contributed by atoms with Crippen LogP contribution in [0, 0.1) is 11.7 Å². The van der Waals surface area contributed by atoms with Crippen molar-refractivity contribution in [2.45, 2.75) is 32.2 Å². The Morgan fingerprint density at radius 1 is 1.35 bits per heavy atom. The highest BCUT2D eigenvalue weighted by Gasteiger charge is 2.30. The number of aromatic nitrogens is 1. The Hall–Kier alpha value is -1.21. The first kappa shape index (κ1) is 22.8. The highest BCUT2D eigenvalue weighted by molar-refractivity contribution is 7.13. The summed E-state index contributed by atoms with van der Waals surface area (Å²) in [6, 6.07) is 6.48. The van der Waals surface area contributed by atoms with E-state index >= 15 is 0 Å². The van der Waals surface area contributed by atoms with Gasteiger partial charge in [0.15, 0.2) is 0 Å². The molecule has 1 saturated heterocycles. The molecule has 2 atom stereocenters. The van der Waals surface area contributed by atoms with Gasteiger partial charge in [-0.3, -0.25) is 4.79 Å². The lowest BCUT2D eigenvalue weighted by atomic mass is 9.92. The summed E-state index contributed by atoms with van der Waals surface area (Å²) in [7, 11) is 0. The van der Waals surface area contributed by atoms with Crippen molar-refractivity contribution in [3.05, 3.63) is 51.7 Å². The van der Waals surface area contributed by atoms with Gasteiger partial charge in [-0.1, -0.05) is 19.1 Å². The van der Waals surface area contributed by atoms with Crippen molar-refractivity contribution in [1.29, 1.82) is 0 Å². The standard InChI is InChI=1S/C18H22FN3OS.2ClH/c1-12-6-7-22(15(8-12)10-20)18(23)16-11-21-17(24-16)9-13-2-4-14(19)5-3-13;;/h2-5,11-12,15H,6-10,20H2,1H3;2*1H. The summed E-state index contributed by atoms with van der Waals surface area (Å²) >= 11 is 1.41. The zero-order valence-corrected chi connectivity index (χ0v) is 17.0. The molecule has 1 aliphatic rings. The van der Waals surface area contributed by atoms with Crippen LogP contribution in [0.25, 0.3) is 0 Å². The molecular weight excluding hydrogens is 396 g/mol. The molecule has 26 heavy (non-hydrogen) atoms. The van der Waals surface area contributed by atoms with Crippen molar-refractivity contribution in [2.24, 2.45) is 11.7 Å². The van der Waals surface area contributed by atoms with E-state index in [0.29, 0.717) is 23.8 Å². The second kappa shape index (κ2) is 10.2. The van der Waals surface area contributed by atoms with Gasteiger partial charge in [0.2, 0.25) is 0 Å². The van der Waals surface area contributed by atoms with Gasteiger partial charge in [0.1, 0.15) is 10.7 Å². The monoisotopic (exact) mass is 419 g/mol. The van der Waals surface area contributed by atoms with E-state index in [1.807, 2.05) is 4.90 Å². The topological polar surface area (TPSA) is 59.2 Å². The van der Waals surface area contributed by atoms with Gasteiger partial charge in [-0.25, -0.2) is 9.37 Å². The smallest absolute Gasteiger partial charge is 0.265 e. The van der Waals surface area contributed by atoms with Crippen molar-refractivity contribution in [2.75, 3.05) is 13.1 Å². The third kappa shape index (κ3) is 5.39. The number of nitrogens with two attached hydrogens (primary N) is 1. The number of amides is 1. The Morgan fingerprint density at radius 2 is 2.04 bits per heavy atom. The summed E-state index contributed by atoms with van der Waals surface area (Å²) in [5.74, 6) is 0.388. The molecule has 2 aromatic rings. The van der Waals surface area contributed by atoms with E-state index < -0.39 is 0 Å². The van der Waals surface area contributed by atoms with Crippen LogP contribution in [0.4, 0.5) is 4.39 Å². The van der Waals surface area contributed by atoms with Crippen LogP contribution in [0.3, 0.4) is 0 Å². The third-order valence-corrected chi connectivity index (χ3v) is 5.53. The average molecular weight is 420 g/mol. The first-order valence-corrected chi connectivity index (χ1v) is 9.08. The molecule has 2 unspecified atom stereocenters. The fraction of sp³-hybridized carbons (Fsp3) is 0.444.